The zero-order valence-electron chi connectivity index (χ0n) is 11.1. The largest absolute Gasteiger partial charge is 0.439 e. The van der Waals surface area contributed by atoms with Crippen molar-refractivity contribution in [3.63, 3.8) is 0 Å². The number of nitrogens with zero attached hydrogens (tertiary/aromatic N) is 1. The molecule has 0 saturated carbocycles. The Morgan fingerprint density at radius 3 is 2.37 bits per heavy atom. The minimum absolute atomic E-state index is 0.631. The highest BCUT2D eigenvalue weighted by Gasteiger charge is 1.99. The maximum absolute atomic E-state index is 5.71. The number of alkyl halides is 1. The third-order valence-electron chi connectivity index (χ3n) is 2.92. The predicted molar refractivity (Wildman–Crippen MR) is 82.0 cm³/mol. The van der Waals surface area contributed by atoms with Crippen molar-refractivity contribution in [1.82, 2.24) is 4.98 Å². The zero-order valence-corrected chi connectivity index (χ0v) is 12.7. The molecule has 0 radical (unpaired) electrons. The minimum atomic E-state index is 0.631. The molecule has 0 bridgehead atoms. The average Bonchev–Trinajstić information content (AvgIpc) is 2.47. The molecule has 0 N–H and O–H groups in total. The number of unbranched alkanes of at least 4 members (excludes halogenated alkanes) is 1. The molecule has 0 aliphatic heterocycles. The summed E-state index contributed by atoms with van der Waals surface area (Å²) in [5.74, 6) is 1.46. The maximum Gasteiger partial charge on any atom is 0.219 e. The molecule has 0 spiro atoms. The van der Waals surface area contributed by atoms with Gasteiger partial charge < -0.3 is 4.74 Å². The van der Waals surface area contributed by atoms with Gasteiger partial charge in [-0.15, -0.1) is 0 Å². The van der Waals surface area contributed by atoms with Crippen LogP contribution in [0.15, 0.2) is 42.6 Å². The van der Waals surface area contributed by atoms with Crippen molar-refractivity contribution in [2.75, 3.05) is 0 Å². The van der Waals surface area contributed by atoms with Crippen molar-refractivity contribution >= 4 is 15.9 Å². The number of hydrogen-bond donors (Lipinski definition) is 0. The van der Waals surface area contributed by atoms with Crippen LogP contribution in [-0.2, 0) is 11.8 Å². The van der Waals surface area contributed by atoms with Gasteiger partial charge in [-0.1, -0.05) is 47.5 Å². The first kappa shape index (κ1) is 14.1. The molecule has 3 heteroatoms. The predicted octanol–water partition coefficient (Wildman–Crippen LogP) is 5.11. The van der Waals surface area contributed by atoms with Crippen LogP contribution in [0.25, 0.3) is 0 Å². The van der Waals surface area contributed by atoms with Crippen LogP contribution in [0.2, 0.25) is 0 Å². The lowest BCUT2D eigenvalue weighted by atomic mass is 10.1. The van der Waals surface area contributed by atoms with Gasteiger partial charge >= 0.3 is 0 Å². The van der Waals surface area contributed by atoms with Crippen LogP contribution in [0.5, 0.6) is 11.6 Å². The Kier molecular flexibility index (Phi) is 5.40. The Labute approximate surface area is 123 Å². The molecule has 0 aliphatic carbocycles. The van der Waals surface area contributed by atoms with E-state index < -0.39 is 0 Å². The molecule has 2 nitrogen and oxygen atoms in total. The first-order valence-corrected chi connectivity index (χ1v) is 7.71. The summed E-state index contributed by atoms with van der Waals surface area (Å²) in [4.78, 5) is 4.26. The summed E-state index contributed by atoms with van der Waals surface area (Å²) in [6, 6.07) is 12.2. The van der Waals surface area contributed by atoms with Gasteiger partial charge in [0.2, 0.25) is 5.88 Å². The quantitative estimate of drug-likeness (QED) is 0.690. The summed E-state index contributed by atoms with van der Waals surface area (Å²) in [6.07, 6.45) is 5.41. The fourth-order valence-electron chi connectivity index (χ4n) is 1.78. The van der Waals surface area contributed by atoms with Gasteiger partial charge in [0.15, 0.2) is 0 Å². The van der Waals surface area contributed by atoms with E-state index in [1.54, 1.807) is 0 Å². The Bertz CT molecular complexity index is 493. The van der Waals surface area contributed by atoms with E-state index in [9.17, 15) is 0 Å². The fraction of sp³-hybridized carbons (Fsp3) is 0.312. The molecule has 2 rings (SSSR count). The van der Waals surface area contributed by atoms with E-state index in [1.807, 2.05) is 30.5 Å². The Morgan fingerprint density at radius 2 is 1.79 bits per heavy atom. The third-order valence-corrected chi connectivity index (χ3v) is 3.56. The van der Waals surface area contributed by atoms with Gasteiger partial charge in [-0.2, -0.15) is 0 Å². The van der Waals surface area contributed by atoms with E-state index in [0.29, 0.717) is 5.88 Å². The molecular weight excluding hydrogens is 302 g/mol. The second kappa shape index (κ2) is 7.29. The summed E-state index contributed by atoms with van der Waals surface area (Å²) < 4.78 is 5.71. The number of hydrogen-bond acceptors (Lipinski definition) is 2. The van der Waals surface area contributed by atoms with Crippen molar-refractivity contribution in [2.24, 2.45) is 0 Å². The Morgan fingerprint density at radius 1 is 1.05 bits per heavy atom. The summed E-state index contributed by atoms with van der Waals surface area (Å²) in [5, 5.41) is 0.812. The van der Waals surface area contributed by atoms with Crippen molar-refractivity contribution < 1.29 is 4.74 Å². The van der Waals surface area contributed by atoms with Crippen LogP contribution in [0.3, 0.4) is 0 Å². The highest BCUT2D eigenvalue weighted by atomic mass is 79.9. The lowest BCUT2D eigenvalue weighted by molar-refractivity contribution is 0.462. The SMILES string of the molecule is CCCCc1ccc(Oc2ccc(CBr)cn2)cc1. The highest BCUT2D eigenvalue weighted by Crippen LogP contribution is 2.20. The molecule has 100 valence electrons. The number of aryl methyl sites for hydroxylation is 1. The second-order valence-corrected chi connectivity index (χ2v) is 5.05. The maximum atomic E-state index is 5.71. The number of pyridine rings is 1. The molecule has 1 heterocycles. The van der Waals surface area contributed by atoms with E-state index in [2.05, 4.69) is 40.0 Å². The van der Waals surface area contributed by atoms with Crippen LogP contribution < -0.4 is 4.74 Å². The number of benzene rings is 1. The van der Waals surface area contributed by atoms with Gasteiger partial charge in [-0.25, -0.2) is 4.98 Å². The van der Waals surface area contributed by atoms with E-state index in [4.69, 9.17) is 4.74 Å². The Balaban J connectivity index is 1.98. The molecule has 0 unspecified atom stereocenters. The first-order chi connectivity index (χ1) is 9.31. The van der Waals surface area contributed by atoms with Crippen molar-refractivity contribution in [3.8, 4) is 11.6 Å². The molecule has 19 heavy (non-hydrogen) atoms. The topological polar surface area (TPSA) is 22.1 Å². The number of rotatable bonds is 6. The van der Waals surface area contributed by atoms with Crippen molar-refractivity contribution in [3.05, 3.63) is 53.7 Å². The van der Waals surface area contributed by atoms with E-state index in [0.717, 1.165) is 23.1 Å². The standard InChI is InChI=1S/C16H18BrNO/c1-2-3-4-13-5-8-15(9-6-13)19-16-10-7-14(11-17)12-18-16/h5-10,12H,2-4,11H2,1H3. The van der Waals surface area contributed by atoms with Gasteiger partial charge in [-0.3, -0.25) is 0 Å². The Hall–Kier alpha value is -1.35. The van der Waals surface area contributed by atoms with Crippen LogP contribution in [0.4, 0.5) is 0 Å². The summed E-state index contributed by atoms with van der Waals surface area (Å²) >= 11 is 3.40. The third kappa shape index (κ3) is 4.35. The van der Waals surface area contributed by atoms with Gasteiger partial charge in [0.1, 0.15) is 5.75 Å². The van der Waals surface area contributed by atoms with Crippen molar-refractivity contribution in [2.45, 2.75) is 31.5 Å². The molecule has 0 amide bonds. The first-order valence-electron chi connectivity index (χ1n) is 6.59. The van der Waals surface area contributed by atoms with Crippen LogP contribution in [-0.4, -0.2) is 4.98 Å². The zero-order chi connectivity index (χ0) is 13.5. The highest BCUT2D eigenvalue weighted by molar-refractivity contribution is 9.08. The van der Waals surface area contributed by atoms with Gasteiger partial charge in [0.05, 0.1) is 0 Å². The van der Waals surface area contributed by atoms with E-state index >= 15 is 0 Å². The molecule has 0 saturated heterocycles. The lowest BCUT2D eigenvalue weighted by Crippen LogP contribution is -1.90. The molecule has 1 aromatic heterocycles. The molecule has 0 atom stereocenters. The molecule has 1 aromatic carbocycles. The molecule has 0 aliphatic rings. The van der Waals surface area contributed by atoms with Crippen LogP contribution in [0.1, 0.15) is 30.9 Å². The molecule has 2 aromatic rings. The normalized spacial score (nSPS) is 10.4. The summed E-state index contributed by atoms with van der Waals surface area (Å²) in [5.41, 5.74) is 2.50. The van der Waals surface area contributed by atoms with Gasteiger partial charge in [0, 0.05) is 17.6 Å². The molecule has 0 fully saturated rings. The average molecular weight is 320 g/mol. The number of halogens is 1. The van der Waals surface area contributed by atoms with Crippen LogP contribution in [0, 0.1) is 0 Å². The van der Waals surface area contributed by atoms with Crippen LogP contribution >= 0.6 is 15.9 Å². The monoisotopic (exact) mass is 319 g/mol. The summed E-state index contributed by atoms with van der Waals surface area (Å²) in [6.45, 7) is 2.21. The summed E-state index contributed by atoms with van der Waals surface area (Å²) in [7, 11) is 0. The second-order valence-electron chi connectivity index (χ2n) is 4.49. The number of aromatic nitrogens is 1. The van der Waals surface area contributed by atoms with Gasteiger partial charge in [0.25, 0.3) is 0 Å². The van der Waals surface area contributed by atoms with E-state index in [-0.39, 0.29) is 0 Å². The fourth-order valence-corrected chi connectivity index (χ4v) is 2.11. The number of ether oxygens (including phenoxy) is 1. The molecular formula is C16H18BrNO. The smallest absolute Gasteiger partial charge is 0.219 e. The van der Waals surface area contributed by atoms with Gasteiger partial charge in [-0.05, 0) is 36.1 Å². The van der Waals surface area contributed by atoms with Crippen molar-refractivity contribution in [1.29, 1.82) is 0 Å². The minimum Gasteiger partial charge on any atom is -0.439 e. The van der Waals surface area contributed by atoms with E-state index in [1.165, 1.54) is 18.4 Å². The lowest BCUT2D eigenvalue weighted by Gasteiger charge is -2.06.